The Morgan fingerprint density at radius 3 is 2.59 bits per heavy atom. The summed E-state index contributed by atoms with van der Waals surface area (Å²) in [5.41, 5.74) is 1.12. The maximum absolute atomic E-state index is 13.4. The van der Waals surface area contributed by atoms with Crippen LogP contribution in [0.4, 0.5) is 17.1 Å². The average molecular weight is 546 g/mol. The fourth-order valence-electron chi connectivity index (χ4n) is 3.81. The number of sulfonamides is 1. The number of anilines is 2. The van der Waals surface area contributed by atoms with Gasteiger partial charge in [0, 0.05) is 18.7 Å². The van der Waals surface area contributed by atoms with Crippen LogP contribution in [0.5, 0.6) is 5.75 Å². The summed E-state index contributed by atoms with van der Waals surface area (Å²) in [6.07, 6.45) is 0.564. The lowest BCUT2D eigenvalue weighted by Crippen LogP contribution is -2.29. The number of halogens is 1. The molecule has 1 aliphatic rings. The van der Waals surface area contributed by atoms with Gasteiger partial charge in [-0.25, -0.2) is 13.2 Å². The van der Waals surface area contributed by atoms with Gasteiger partial charge in [-0.1, -0.05) is 29.8 Å². The fourth-order valence-corrected chi connectivity index (χ4v) is 5.56. The standard InChI is InChI=1S/C24H20ClN3O8S/c1-35-22-9-7-17(37(33,34)27-11-10-15-4-2-3-5-21(15)27)13-18(22)24(30)36-14-23(29)26-20-8-6-16(28(31)32)12-19(20)25/h2-9,12-13H,10-11,14H2,1H3,(H,26,29). The molecule has 0 bridgehead atoms. The van der Waals surface area contributed by atoms with E-state index in [2.05, 4.69) is 5.32 Å². The second kappa shape index (κ2) is 10.4. The van der Waals surface area contributed by atoms with Crippen LogP contribution < -0.4 is 14.4 Å². The molecule has 0 atom stereocenters. The van der Waals surface area contributed by atoms with Crippen LogP contribution in [-0.2, 0) is 26.0 Å². The minimum Gasteiger partial charge on any atom is -0.496 e. The highest BCUT2D eigenvalue weighted by molar-refractivity contribution is 7.92. The van der Waals surface area contributed by atoms with Crippen LogP contribution in [0.3, 0.4) is 0 Å². The predicted molar refractivity (Wildman–Crippen MR) is 135 cm³/mol. The number of hydrogen-bond donors (Lipinski definition) is 1. The highest BCUT2D eigenvalue weighted by Crippen LogP contribution is 2.34. The first-order valence-corrected chi connectivity index (χ1v) is 12.6. The number of benzene rings is 3. The van der Waals surface area contributed by atoms with Crippen molar-refractivity contribution in [2.45, 2.75) is 11.3 Å². The molecule has 0 fully saturated rings. The number of methoxy groups -OCH3 is 1. The Morgan fingerprint density at radius 1 is 1.14 bits per heavy atom. The van der Waals surface area contributed by atoms with E-state index in [1.165, 1.54) is 29.6 Å². The third-order valence-corrected chi connectivity index (χ3v) is 7.72. The molecule has 37 heavy (non-hydrogen) atoms. The number of para-hydroxylation sites is 1. The molecule has 0 saturated heterocycles. The molecule has 0 aromatic heterocycles. The van der Waals surface area contributed by atoms with Crippen molar-refractivity contribution in [2.24, 2.45) is 0 Å². The first-order chi connectivity index (χ1) is 17.6. The first kappa shape index (κ1) is 25.9. The first-order valence-electron chi connectivity index (χ1n) is 10.8. The third-order valence-electron chi connectivity index (χ3n) is 5.60. The maximum atomic E-state index is 13.4. The van der Waals surface area contributed by atoms with Crippen LogP contribution >= 0.6 is 11.6 Å². The van der Waals surface area contributed by atoms with E-state index in [4.69, 9.17) is 21.1 Å². The largest absolute Gasteiger partial charge is 0.496 e. The monoisotopic (exact) mass is 545 g/mol. The molecule has 1 N–H and O–H groups in total. The van der Waals surface area contributed by atoms with E-state index < -0.39 is 33.4 Å². The van der Waals surface area contributed by atoms with E-state index in [9.17, 15) is 28.1 Å². The molecule has 11 nitrogen and oxygen atoms in total. The number of esters is 1. The number of nitrogens with one attached hydrogen (secondary N) is 1. The number of nitro groups is 1. The molecule has 0 unspecified atom stereocenters. The normalized spacial score (nSPS) is 12.5. The Hall–Kier alpha value is -4.16. The van der Waals surface area contributed by atoms with Gasteiger partial charge in [-0.3, -0.25) is 19.2 Å². The molecular formula is C24H20ClN3O8S. The average Bonchev–Trinajstić information content (AvgIpc) is 3.33. The second-order valence-electron chi connectivity index (χ2n) is 7.86. The Labute approximate surface area is 216 Å². The van der Waals surface area contributed by atoms with E-state index >= 15 is 0 Å². The molecule has 0 radical (unpaired) electrons. The van der Waals surface area contributed by atoms with Crippen LogP contribution in [0.2, 0.25) is 5.02 Å². The summed E-state index contributed by atoms with van der Waals surface area (Å²) in [6, 6.07) is 14.4. The maximum Gasteiger partial charge on any atom is 0.342 e. The van der Waals surface area contributed by atoms with Crippen LogP contribution in [0.15, 0.2) is 65.6 Å². The quantitative estimate of drug-likeness (QED) is 0.255. The summed E-state index contributed by atoms with van der Waals surface area (Å²) in [7, 11) is -2.69. The molecule has 1 heterocycles. The lowest BCUT2D eigenvalue weighted by atomic mass is 10.2. The third kappa shape index (κ3) is 5.34. The minimum atomic E-state index is -3.99. The highest BCUT2D eigenvalue weighted by Gasteiger charge is 2.32. The van der Waals surface area contributed by atoms with E-state index in [-0.39, 0.29) is 39.2 Å². The molecule has 13 heteroatoms. The molecule has 0 spiro atoms. The van der Waals surface area contributed by atoms with Gasteiger partial charge in [0.05, 0.1) is 33.3 Å². The molecule has 4 rings (SSSR count). The Kier molecular flexibility index (Phi) is 7.32. The van der Waals surface area contributed by atoms with Gasteiger partial charge in [0.15, 0.2) is 6.61 Å². The SMILES string of the molecule is COc1ccc(S(=O)(=O)N2CCc3ccccc32)cc1C(=O)OCC(=O)Nc1ccc([N+](=O)[O-])cc1Cl. The van der Waals surface area contributed by atoms with Crippen LogP contribution in [0.25, 0.3) is 0 Å². The number of carbonyl (C=O) groups excluding carboxylic acids is 2. The summed E-state index contributed by atoms with van der Waals surface area (Å²) in [4.78, 5) is 35.1. The van der Waals surface area contributed by atoms with Crippen molar-refractivity contribution in [2.75, 3.05) is 29.9 Å². The summed E-state index contributed by atoms with van der Waals surface area (Å²) in [6.45, 7) is -0.468. The number of fused-ring (bicyclic) bond motifs is 1. The number of amides is 1. The van der Waals surface area contributed by atoms with Crippen molar-refractivity contribution in [1.82, 2.24) is 0 Å². The van der Waals surface area contributed by atoms with Gasteiger partial charge in [-0.2, -0.15) is 0 Å². The number of hydrogen-bond acceptors (Lipinski definition) is 8. The summed E-state index contributed by atoms with van der Waals surface area (Å²) in [5, 5.41) is 13.1. The Bertz CT molecular complexity index is 1510. The fraction of sp³-hybridized carbons (Fsp3) is 0.167. The van der Waals surface area contributed by atoms with Crippen molar-refractivity contribution in [3.63, 3.8) is 0 Å². The van der Waals surface area contributed by atoms with E-state index in [1.54, 1.807) is 12.1 Å². The second-order valence-corrected chi connectivity index (χ2v) is 10.1. The molecule has 0 saturated carbocycles. The van der Waals surface area contributed by atoms with Gasteiger partial charge < -0.3 is 14.8 Å². The number of nitro benzene ring substituents is 1. The zero-order valence-electron chi connectivity index (χ0n) is 19.3. The summed E-state index contributed by atoms with van der Waals surface area (Å²) in [5.74, 6) is -1.69. The Morgan fingerprint density at radius 2 is 1.89 bits per heavy atom. The van der Waals surface area contributed by atoms with Crippen molar-refractivity contribution in [3.05, 3.63) is 86.9 Å². The lowest BCUT2D eigenvalue weighted by Gasteiger charge is -2.20. The van der Waals surface area contributed by atoms with Gasteiger partial charge in [0.1, 0.15) is 11.3 Å². The van der Waals surface area contributed by atoms with Gasteiger partial charge >= 0.3 is 5.97 Å². The van der Waals surface area contributed by atoms with Crippen LogP contribution in [0, 0.1) is 10.1 Å². The number of nitrogens with zero attached hydrogens (tertiary/aromatic N) is 2. The van der Waals surface area contributed by atoms with E-state index in [0.717, 1.165) is 23.8 Å². The zero-order valence-corrected chi connectivity index (χ0v) is 20.9. The van der Waals surface area contributed by atoms with Gasteiger partial charge in [0.25, 0.3) is 21.6 Å². The van der Waals surface area contributed by atoms with Gasteiger partial charge in [-0.05, 0) is 42.3 Å². The minimum absolute atomic E-state index is 0.0598. The number of rotatable bonds is 8. The van der Waals surface area contributed by atoms with Crippen molar-refractivity contribution < 1.29 is 32.4 Å². The molecule has 3 aromatic rings. The van der Waals surface area contributed by atoms with Gasteiger partial charge in [-0.15, -0.1) is 0 Å². The van der Waals surface area contributed by atoms with Gasteiger partial charge in [0.2, 0.25) is 0 Å². The number of carbonyl (C=O) groups is 2. The van der Waals surface area contributed by atoms with E-state index in [0.29, 0.717) is 12.1 Å². The summed E-state index contributed by atoms with van der Waals surface area (Å²) >= 11 is 5.96. The topological polar surface area (TPSA) is 145 Å². The molecule has 3 aromatic carbocycles. The van der Waals surface area contributed by atoms with Crippen molar-refractivity contribution >= 4 is 50.6 Å². The molecule has 0 aliphatic carbocycles. The summed E-state index contributed by atoms with van der Waals surface area (Å²) < 4.78 is 38.2. The smallest absolute Gasteiger partial charge is 0.342 e. The zero-order chi connectivity index (χ0) is 26.7. The molecule has 1 amide bonds. The van der Waals surface area contributed by atoms with E-state index in [1.807, 2.05) is 12.1 Å². The number of ether oxygens (including phenoxy) is 2. The van der Waals surface area contributed by atoms with Crippen molar-refractivity contribution in [3.8, 4) is 5.75 Å². The predicted octanol–water partition coefficient (Wildman–Crippen LogP) is 3.80. The highest BCUT2D eigenvalue weighted by atomic mass is 35.5. The molecule has 192 valence electrons. The molecular weight excluding hydrogens is 526 g/mol. The molecule has 1 aliphatic heterocycles. The van der Waals surface area contributed by atoms with Crippen LogP contribution in [0.1, 0.15) is 15.9 Å². The van der Waals surface area contributed by atoms with Crippen LogP contribution in [-0.4, -0.2) is 45.5 Å². The van der Waals surface area contributed by atoms with Crippen molar-refractivity contribution in [1.29, 1.82) is 0 Å². The lowest BCUT2D eigenvalue weighted by molar-refractivity contribution is -0.384. The number of non-ortho nitro benzene ring substituents is 1. The Balaban J connectivity index is 1.49.